The lowest BCUT2D eigenvalue weighted by Gasteiger charge is -2.13. The summed E-state index contributed by atoms with van der Waals surface area (Å²) in [4.78, 5) is 25.8. The average molecular weight is 336 g/mol. The highest BCUT2D eigenvalue weighted by molar-refractivity contribution is 7.98. The van der Waals surface area contributed by atoms with E-state index in [1.54, 1.807) is 42.1 Å². The van der Waals surface area contributed by atoms with Gasteiger partial charge in [0.1, 0.15) is 0 Å². The number of benzene rings is 2. The fraction of sp³-hybridized carbons (Fsp3) is 0.211. The van der Waals surface area contributed by atoms with Crippen LogP contribution in [0.5, 0.6) is 0 Å². The SMILES string of the molecule is N#Cc1cccc(CSCCCN2C(=O)c3ccccc3C2=O)c1. The third-order valence-corrected chi connectivity index (χ3v) is 4.99. The molecule has 5 heteroatoms. The van der Waals surface area contributed by atoms with Crippen LogP contribution in [0.25, 0.3) is 0 Å². The van der Waals surface area contributed by atoms with Gasteiger partial charge in [0, 0.05) is 12.3 Å². The fourth-order valence-corrected chi connectivity index (χ4v) is 3.58. The first-order chi connectivity index (χ1) is 11.7. The quantitative estimate of drug-likeness (QED) is 0.598. The van der Waals surface area contributed by atoms with E-state index in [4.69, 9.17) is 5.26 Å². The molecule has 2 aromatic rings. The van der Waals surface area contributed by atoms with Crippen molar-refractivity contribution in [3.63, 3.8) is 0 Å². The summed E-state index contributed by atoms with van der Waals surface area (Å²) < 4.78 is 0. The lowest BCUT2D eigenvalue weighted by molar-refractivity contribution is 0.0655. The minimum atomic E-state index is -0.192. The standard InChI is InChI=1S/C19H16N2O2S/c20-12-14-5-3-6-15(11-14)13-24-10-4-9-21-18(22)16-7-1-2-8-17(16)19(21)23/h1-3,5-8,11H,4,9-10,13H2. The monoisotopic (exact) mass is 336 g/mol. The van der Waals surface area contributed by atoms with Crippen LogP contribution in [0.3, 0.4) is 0 Å². The Kier molecular flexibility index (Phi) is 4.97. The van der Waals surface area contributed by atoms with Crippen molar-refractivity contribution < 1.29 is 9.59 Å². The summed E-state index contributed by atoms with van der Waals surface area (Å²) in [6.07, 6.45) is 0.758. The second-order valence-electron chi connectivity index (χ2n) is 5.53. The molecule has 0 saturated carbocycles. The van der Waals surface area contributed by atoms with Crippen molar-refractivity contribution in [1.29, 1.82) is 5.26 Å². The van der Waals surface area contributed by atoms with Gasteiger partial charge < -0.3 is 0 Å². The molecule has 2 aromatic carbocycles. The normalized spacial score (nSPS) is 13.0. The van der Waals surface area contributed by atoms with E-state index in [0.717, 1.165) is 23.5 Å². The van der Waals surface area contributed by atoms with E-state index < -0.39 is 0 Å². The highest BCUT2D eigenvalue weighted by Gasteiger charge is 2.34. The van der Waals surface area contributed by atoms with E-state index in [2.05, 4.69) is 6.07 Å². The second kappa shape index (κ2) is 7.33. The Hall–Kier alpha value is -2.58. The highest BCUT2D eigenvalue weighted by atomic mass is 32.2. The summed E-state index contributed by atoms with van der Waals surface area (Å²) in [7, 11) is 0. The molecule has 0 aliphatic carbocycles. The summed E-state index contributed by atoms with van der Waals surface area (Å²) >= 11 is 1.74. The van der Waals surface area contributed by atoms with Crippen LogP contribution < -0.4 is 0 Å². The molecule has 0 unspecified atom stereocenters. The van der Waals surface area contributed by atoms with E-state index >= 15 is 0 Å². The highest BCUT2D eigenvalue weighted by Crippen LogP contribution is 2.23. The van der Waals surface area contributed by atoms with Crippen LogP contribution in [-0.4, -0.2) is 29.0 Å². The molecule has 0 bridgehead atoms. The van der Waals surface area contributed by atoms with Crippen LogP contribution in [0.15, 0.2) is 48.5 Å². The predicted molar refractivity (Wildman–Crippen MR) is 93.7 cm³/mol. The van der Waals surface area contributed by atoms with Crippen molar-refractivity contribution >= 4 is 23.6 Å². The number of imide groups is 1. The number of amides is 2. The van der Waals surface area contributed by atoms with Crippen molar-refractivity contribution in [2.45, 2.75) is 12.2 Å². The van der Waals surface area contributed by atoms with Crippen molar-refractivity contribution in [2.24, 2.45) is 0 Å². The van der Waals surface area contributed by atoms with Gasteiger partial charge in [-0.2, -0.15) is 17.0 Å². The number of hydrogen-bond donors (Lipinski definition) is 0. The molecular formula is C19H16N2O2S. The molecule has 120 valence electrons. The maximum absolute atomic E-state index is 12.2. The third-order valence-electron chi connectivity index (χ3n) is 3.87. The molecule has 2 amide bonds. The van der Waals surface area contributed by atoms with Crippen LogP contribution in [0.4, 0.5) is 0 Å². The molecule has 0 fully saturated rings. The smallest absolute Gasteiger partial charge is 0.261 e. The van der Waals surface area contributed by atoms with Gasteiger partial charge in [0.25, 0.3) is 11.8 Å². The summed E-state index contributed by atoms with van der Waals surface area (Å²) in [6.45, 7) is 0.442. The molecule has 0 radical (unpaired) electrons. The average Bonchev–Trinajstić information content (AvgIpc) is 2.86. The molecule has 1 aliphatic heterocycles. The molecule has 24 heavy (non-hydrogen) atoms. The van der Waals surface area contributed by atoms with Gasteiger partial charge >= 0.3 is 0 Å². The summed E-state index contributed by atoms with van der Waals surface area (Å²) in [5.74, 6) is 1.28. The van der Waals surface area contributed by atoms with E-state index in [1.165, 1.54) is 4.90 Å². The van der Waals surface area contributed by atoms with E-state index in [1.807, 2.05) is 18.2 Å². The Bertz CT molecular complexity index is 791. The minimum Gasteiger partial charge on any atom is -0.274 e. The molecule has 4 nitrogen and oxygen atoms in total. The largest absolute Gasteiger partial charge is 0.274 e. The van der Waals surface area contributed by atoms with Crippen LogP contribution in [0.2, 0.25) is 0 Å². The number of nitrogens with zero attached hydrogens (tertiary/aromatic N) is 2. The Morgan fingerprint density at radius 3 is 2.38 bits per heavy atom. The van der Waals surface area contributed by atoms with Crippen LogP contribution in [0, 0.1) is 11.3 Å². The van der Waals surface area contributed by atoms with E-state index in [-0.39, 0.29) is 11.8 Å². The molecule has 0 atom stereocenters. The van der Waals surface area contributed by atoms with Gasteiger partial charge in [0.05, 0.1) is 22.8 Å². The van der Waals surface area contributed by atoms with Gasteiger partial charge in [-0.15, -0.1) is 0 Å². The van der Waals surface area contributed by atoms with Crippen molar-refractivity contribution in [3.05, 3.63) is 70.8 Å². The van der Waals surface area contributed by atoms with Crippen molar-refractivity contribution in [1.82, 2.24) is 4.90 Å². The Balaban J connectivity index is 1.47. The summed E-state index contributed by atoms with van der Waals surface area (Å²) in [5, 5.41) is 8.89. The number of thioether (sulfide) groups is 1. The molecule has 0 N–H and O–H groups in total. The first-order valence-corrected chi connectivity index (χ1v) is 8.88. The van der Waals surface area contributed by atoms with Crippen LogP contribution in [-0.2, 0) is 5.75 Å². The molecule has 3 rings (SSSR count). The maximum Gasteiger partial charge on any atom is 0.261 e. The number of carbonyl (C=O) groups excluding carboxylic acids is 2. The molecule has 1 heterocycles. The maximum atomic E-state index is 12.2. The first-order valence-electron chi connectivity index (χ1n) is 7.72. The Labute approximate surface area is 145 Å². The number of carbonyl (C=O) groups is 2. The van der Waals surface area contributed by atoms with Gasteiger partial charge in [-0.3, -0.25) is 14.5 Å². The van der Waals surface area contributed by atoms with E-state index in [0.29, 0.717) is 23.2 Å². The second-order valence-corrected chi connectivity index (χ2v) is 6.63. The Morgan fingerprint density at radius 2 is 1.71 bits per heavy atom. The number of hydrogen-bond acceptors (Lipinski definition) is 4. The molecule has 1 aliphatic rings. The van der Waals surface area contributed by atoms with Gasteiger partial charge in [-0.1, -0.05) is 24.3 Å². The third kappa shape index (κ3) is 3.34. The number of fused-ring (bicyclic) bond motifs is 1. The van der Waals surface area contributed by atoms with Gasteiger partial charge in [0.2, 0.25) is 0 Å². The zero-order valence-electron chi connectivity index (χ0n) is 13.1. The zero-order chi connectivity index (χ0) is 16.9. The topological polar surface area (TPSA) is 61.2 Å². The molecule has 0 aromatic heterocycles. The molecule has 0 saturated heterocycles. The van der Waals surface area contributed by atoms with Crippen LogP contribution >= 0.6 is 11.8 Å². The number of rotatable bonds is 6. The fourth-order valence-electron chi connectivity index (χ4n) is 2.69. The molecular weight excluding hydrogens is 320 g/mol. The lowest BCUT2D eigenvalue weighted by atomic mass is 10.1. The van der Waals surface area contributed by atoms with Gasteiger partial charge in [0.15, 0.2) is 0 Å². The Morgan fingerprint density at radius 1 is 1.00 bits per heavy atom. The minimum absolute atomic E-state index is 0.192. The lowest BCUT2D eigenvalue weighted by Crippen LogP contribution is -2.31. The van der Waals surface area contributed by atoms with Crippen molar-refractivity contribution in [2.75, 3.05) is 12.3 Å². The van der Waals surface area contributed by atoms with Crippen LogP contribution in [0.1, 0.15) is 38.3 Å². The van der Waals surface area contributed by atoms with Crippen molar-refractivity contribution in [3.8, 4) is 6.07 Å². The summed E-state index contributed by atoms with van der Waals surface area (Å²) in [6, 6.07) is 16.6. The molecule has 0 spiro atoms. The summed E-state index contributed by atoms with van der Waals surface area (Å²) in [5.41, 5.74) is 2.78. The zero-order valence-corrected chi connectivity index (χ0v) is 13.9. The first kappa shape index (κ1) is 16.3. The van der Waals surface area contributed by atoms with E-state index in [9.17, 15) is 9.59 Å². The number of nitriles is 1. The predicted octanol–water partition coefficient (Wildman–Crippen LogP) is 3.48. The van der Waals surface area contributed by atoms with Gasteiger partial charge in [-0.25, -0.2) is 0 Å². The van der Waals surface area contributed by atoms with Gasteiger partial charge in [-0.05, 0) is 42.0 Å².